The summed E-state index contributed by atoms with van der Waals surface area (Å²) in [5, 5.41) is 0. The second kappa shape index (κ2) is 2.68. The molecule has 1 aliphatic heterocycles. The Morgan fingerprint density at radius 3 is 3.13 bits per heavy atom. The molecule has 0 spiro atoms. The Morgan fingerprint density at radius 2 is 2.13 bits per heavy atom. The summed E-state index contributed by atoms with van der Waals surface area (Å²) in [6, 6.07) is 4.11. The number of imidazole rings is 1. The average Bonchev–Trinajstić information content (AvgIpc) is 2.89. The summed E-state index contributed by atoms with van der Waals surface area (Å²) in [7, 11) is 0. The minimum atomic E-state index is 0.0555. The van der Waals surface area contributed by atoms with Gasteiger partial charge in [0.05, 0.1) is 0 Å². The van der Waals surface area contributed by atoms with Crippen LogP contribution < -0.4 is 0 Å². The molecule has 3 aromatic rings. The van der Waals surface area contributed by atoms with Crippen LogP contribution in [-0.4, -0.2) is 32.5 Å². The summed E-state index contributed by atoms with van der Waals surface area (Å²) in [4.78, 5) is 4.64. The molecule has 0 unspecified atom stereocenters. The van der Waals surface area contributed by atoms with Crippen molar-refractivity contribution in [1.29, 1.82) is 0 Å². The molecule has 0 saturated heterocycles. The van der Waals surface area contributed by atoms with Gasteiger partial charge < -0.3 is 0 Å². The molecular formula is C10H8N4Se. The minimum absolute atomic E-state index is 0.0555. The predicted molar refractivity (Wildman–Crippen MR) is 58.1 cm³/mol. The molecule has 5 heteroatoms. The molecule has 0 N–H and O–H groups in total. The topological polar surface area (TPSA) is 43.6 Å². The molecule has 4 nitrogen and oxygen atoms in total. The molecule has 3 heterocycles. The molecule has 4 rings (SSSR count). The Bertz CT molecular complexity index is 666. The van der Waals surface area contributed by atoms with E-state index >= 15 is 0 Å². The van der Waals surface area contributed by atoms with Gasteiger partial charge in [-0.05, 0) is 0 Å². The van der Waals surface area contributed by atoms with Gasteiger partial charge in [-0.25, -0.2) is 0 Å². The molecule has 0 saturated carbocycles. The Kier molecular flexibility index (Phi) is 1.43. The first-order chi connectivity index (χ1) is 7.43. The van der Waals surface area contributed by atoms with Crippen molar-refractivity contribution < 1.29 is 0 Å². The summed E-state index contributed by atoms with van der Waals surface area (Å²) in [5.74, 6) is 1.22. The fourth-order valence-corrected chi connectivity index (χ4v) is 3.47. The first-order valence-electron chi connectivity index (χ1n) is 5.04. The molecule has 2 aromatic heterocycles. The van der Waals surface area contributed by atoms with Crippen molar-refractivity contribution in [2.75, 3.05) is 0 Å². The number of rotatable bonds is 0. The molecule has 1 aromatic carbocycles. The second-order valence-corrected chi connectivity index (χ2v) is 4.96. The molecule has 0 atom stereocenters. The van der Waals surface area contributed by atoms with Gasteiger partial charge in [-0.1, -0.05) is 0 Å². The van der Waals surface area contributed by atoms with E-state index in [4.69, 9.17) is 0 Å². The molecule has 0 fully saturated rings. The summed E-state index contributed by atoms with van der Waals surface area (Å²) in [6.07, 6.45) is 2.32. The van der Waals surface area contributed by atoms with E-state index in [0.29, 0.717) is 0 Å². The fourth-order valence-electron chi connectivity index (χ4n) is 2.34. The number of hydrogen-bond donors (Lipinski definition) is 0. The van der Waals surface area contributed by atoms with Gasteiger partial charge in [0.25, 0.3) is 0 Å². The third-order valence-electron chi connectivity index (χ3n) is 2.99. The van der Waals surface area contributed by atoms with E-state index in [2.05, 4.69) is 23.6 Å². The maximum absolute atomic E-state index is 4.64. The van der Waals surface area contributed by atoms with Gasteiger partial charge in [0.15, 0.2) is 0 Å². The van der Waals surface area contributed by atoms with Gasteiger partial charge in [0.2, 0.25) is 0 Å². The molecule has 0 amide bonds. The van der Waals surface area contributed by atoms with Crippen LogP contribution in [0.5, 0.6) is 0 Å². The van der Waals surface area contributed by atoms with Gasteiger partial charge in [0.1, 0.15) is 0 Å². The SMILES string of the molecule is c1cc2nc3n(c2c2n[se]nc12)CCC3. The van der Waals surface area contributed by atoms with Crippen molar-refractivity contribution >= 4 is 37.0 Å². The predicted octanol–water partition coefficient (Wildman–Crippen LogP) is 0.983. The van der Waals surface area contributed by atoms with E-state index < -0.39 is 0 Å². The number of aryl methyl sites for hydroxylation is 2. The zero-order valence-corrected chi connectivity index (χ0v) is 9.69. The molecule has 15 heavy (non-hydrogen) atoms. The molecule has 1 aliphatic rings. The van der Waals surface area contributed by atoms with Crippen LogP contribution in [0.15, 0.2) is 12.1 Å². The van der Waals surface area contributed by atoms with Gasteiger partial charge in [0, 0.05) is 0 Å². The quantitative estimate of drug-likeness (QED) is 0.568. The second-order valence-electron chi connectivity index (χ2n) is 3.85. The van der Waals surface area contributed by atoms with Crippen LogP contribution in [0.25, 0.3) is 22.1 Å². The molecular weight excluding hydrogens is 255 g/mol. The maximum atomic E-state index is 4.64. The third-order valence-corrected chi connectivity index (χ3v) is 4.13. The van der Waals surface area contributed by atoms with Crippen molar-refractivity contribution in [3.8, 4) is 0 Å². The number of nitrogens with zero attached hydrogens (tertiary/aromatic N) is 4. The van der Waals surface area contributed by atoms with Crippen molar-refractivity contribution in [3.63, 3.8) is 0 Å². The van der Waals surface area contributed by atoms with E-state index in [-0.39, 0.29) is 15.0 Å². The standard InChI is InChI=1S/C10H8N4Se/c1-2-8-11-7-4-3-6-9(13-15-12-6)10(7)14(8)5-1/h3-4H,1-2,5H2. The summed E-state index contributed by atoms with van der Waals surface area (Å²) in [5.41, 5.74) is 4.42. The van der Waals surface area contributed by atoms with Crippen molar-refractivity contribution in [1.82, 2.24) is 17.5 Å². The van der Waals surface area contributed by atoms with Crippen molar-refractivity contribution in [2.45, 2.75) is 19.4 Å². The zero-order valence-electron chi connectivity index (χ0n) is 7.97. The number of hydrogen-bond acceptors (Lipinski definition) is 3. The Labute approximate surface area is 92.2 Å². The number of benzene rings is 1. The van der Waals surface area contributed by atoms with Gasteiger partial charge in [-0.3, -0.25) is 0 Å². The van der Waals surface area contributed by atoms with E-state index in [1.54, 1.807) is 0 Å². The van der Waals surface area contributed by atoms with Gasteiger partial charge in [-0.15, -0.1) is 0 Å². The summed E-state index contributed by atoms with van der Waals surface area (Å²) < 4.78 is 11.2. The van der Waals surface area contributed by atoms with Crippen LogP contribution in [0, 0.1) is 0 Å². The third kappa shape index (κ3) is 0.944. The average molecular weight is 263 g/mol. The molecule has 0 radical (unpaired) electrons. The first kappa shape index (κ1) is 8.02. The monoisotopic (exact) mass is 264 g/mol. The van der Waals surface area contributed by atoms with Gasteiger partial charge in [-0.2, -0.15) is 0 Å². The first-order valence-corrected chi connectivity index (χ1v) is 6.57. The van der Waals surface area contributed by atoms with E-state index in [1.165, 1.54) is 17.8 Å². The molecule has 0 aliphatic carbocycles. The van der Waals surface area contributed by atoms with Crippen LogP contribution in [0.3, 0.4) is 0 Å². The number of aromatic nitrogens is 4. The van der Waals surface area contributed by atoms with Crippen LogP contribution in [0.4, 0.5) is 0 Å². The van der Waals surface area contributed by atoms with Crippen LogP contribution in [-0.2, 0) is 13.0 Å². The van der Waals surface area contributed by atoms with Crippen molar-refractivity contribution in [3.05, 3.63) is 18.0 Å². The molecule has 0 bridgehead atoms. The van der Waals surface area contributed by atoms with Crippen molar-refractivity contribution in [2.24, 2.45) is 0 Å². The Balaban J connectivity index is 2.30. The molecule has 74 valence electrons. The van der Waals surface area contributed by atoms with E-state index in [9.17, 15) is 0 Å². The van der Waals surface area contributed by atoms with Crippen LogP contribution >= 0.6 is 0 Å². The zero-order chi connectivity index (χ0) is 9.83. The van der Waals surface area contributed by atoms with Crippen LogP contribution in [0.2, 0.25) is 0 Å². The number of fused-ring (bicyclic) bond motifs is 5. The Morgan fingerprint density at radius 1 is 1.20 bits per heavy atom. The summed E-state index contributed by atoms with van der Waals surface area (Å²) >= 11 is 0.0555. The summed E-state index contributed by atoms with van der Waals surface area (Å²) in [6.45, 7) is 1.09. The Hall–Kier alpha value is -1.19. The van der Waals surface area contributed by atoms with Crippen LogP contribution in [0.1, 0.15) is 12.2 Å². The normalized spacial score (nSPS) is 15.2. The van der Waals surface area contributed by atoms with Gasteiger partial charge >= 0.3 is 91.9 Å². The van der Waals surface area contributed by atoms with E-state index in [1.807, 2.05) is 6.07 Å². The fraction of sp³-hybridized carbons (Fsp3) is 0.300. The van der Waals surface area contributed by atoms with E-state index in [0.717, 1.165) is 29.5 Å².